The van der Waals surface area contributed by atoms with Crippen LogP contribution in [0.5, 0.6) is 0 Å². The van der Waals surface area contributed by atoms with Crippen LogP contribution in [0.25, 0.3) is 10.2 Å². The van der Waals surface area contributed by atoms with Crippen LogP contribution in [0.15, 0.2) is 65.0 Å². The minimum absolute atomic E-state index is 0.0949. The maximum atomic E-state index is 13.2. The highest BCUT2D eigenvalue weighted by Gasteiger charge is 2.23. The molecule has 0 bridgehead atoms. The fraction of sp³-hybridized carbons (Fsp3) is 0.241. The Morgan fingerprint density at radius 1 is 0.923 bits per heavy atom. The molecule has 0 atom stereocenters. The zero-order valence-electron chi connectivity index (χ0n) is 21.7. The molecule has 8 nitrogen and oxygen atoms in total. The lowest BCUT2D eigenvalue weighted by molar-refractivity contribution is -0.113. The Kier molecular flexibility index (Phi) is 8.25. The molecule has 1 saturated heterocycles. The molecular formula is C29H28N4O4S2. The van der Waals surface area contributed by atoms with Crippen LogP contribution >= 0.6 is 23.1 Å². The molecule has 2 heterocycles. The molecule has 2 N–H and O–H groups in total. The zero-order chi connectivity index (χ0) is 27.4. The van der Waals surface area contributed by atoms with Gasteiger partial charge in [0.1, 0.15) is 0 Å². The number of nitrogens with zero attached hydrogens (tertiary/aromatic N) is 2. The van der Waals surface area contributed by atoms with E-state index < -0.39 is 0 Å². The van der Waals surface area contributed by atoms with Gasteiger partial charge in [-0.25, -0.2) is 4.98 Å². The molecule has 0 radical (unpaired) electrons. The van der Waals surface area contributed by atoms with Crippen LogP contribution in [0.2, 0.25) is 0 Å². The molecule has 1 aliphatic rings. The number of fused-ring (bicyclic) bond motifs is 1. The minimum Gasteiger partial charge on any atom is -0.378 e. The third-order valence-electron chi connectivity index (χ3n) is 6.16. The largest absolute Gasteiger partial charge is 0.378 e. The molecule has 39 heavy (non-hydrogen) atoms. The number of benzene rings is 3. The quantitative estimate of drug-likeness (QED) is 0.295. The Morgan fingerprint density at radius 2 is 1.64 bits per heavy atom. The number of aryl methyl sites for hydroxylation is 2. The van der Waals surface area contributed by atoms with E-state index in [1.54, 1.807) is 35.2 Å². The van der Waals surface area contributed by atoms with Crippen molar-refractivity contribution in [2.24, 2.45) is 0 Å². The number of rotatable bonds is 7. The molecule has 5 rings (SSSR count). The second-order valence-corrected chi connectivity index (χ2v) is 11.5. The normalized spacial score (nSPS) is 13.3. The van der Waals surface area contributed by atoms with Crippen molar-refractivity contribution >= 4 is 62.4 Å². The van der Waals surface area contributed by atoms with Crippen molar-refractivity contribution in [1.82, 2.24) is 9.88 Å². The standard InChI is InChI=1S/C29H28N4O4S2/c1-18-13-19(2)15-21(14-18)30-26(34)17-38-29-32-24-8-7-20(16-25(24)39-29)31-27(35)22-5-3-4-6-23(22)28(36)33-9-11-37-12-10-33/h3-8,13-16H,9-12,17H2,1-2H3,(H,30,34)(H,31,35). The van der Waals surface area contributed by atoms with Gasteiger partial charge in [0.2, 0.25) is 5.91 Å². The van der Waals surface area contributed by atoms with E-state index >= 15 is 0 Å². The van der Waals surface area contributed by atoms with Gasteiger partial charge in [0.25, 0.3) is 11.8 Å². The van der Waals surface area contributed by atoms with E-state index in [9.17, 15) is 14.4 Å². The Balaban J connectivity index is 1.24. The Labute approximate surface area is 234 Å². The summed E-state index contributed by atoms with van der Waals surface area (Å²) in [5, 5.41) is 5.86. The van der Waals surface area contributed by atoms with Gasteiger partial charge in [-0.2, -0.15) is 0 Å². The molecular weight excluding hydrogens is 532 g/mol. The predicted molar refractivity (Wildman–Crippen MR) is 156 cm³/mol. The van der Waals surface area contributed by atoms with Crippen LogP contribution in [0.1, 0.15) is 31.8 Å². The zero-order valence-corrected chi connectivity index (χ0v) is 23.3. The lowest BCUT2D eigenvalue weighted by Gasteiger charge is -2.27. The SMILES string of the molecule is Cc1cc(C)cc(NC(=O)CSc2nc3ccc(NC(=O)c4ccccc4C(=O)N4CCOCC4)cc3s2)c1. The van der Waals surface area contributed by atoms with Crippen LogP contribution in [-0.4, -0.2) is 59.7 Å². The summed E-state index contributed by atoms with van der Waals surface area (Å²) in [6.07, 6.45) is 0. The number of ether oxygens (including phenoxy) is 1. The first-order chi connectivity index (χ1) is 18.9. The fourth-order valence-electron chi connectivity index (χ4n) is 4.42. The molecule has 0 unspecified atom stereocenters. The Morgan fingerprint density at radius 3 is 2.38 bits per heavy atom. The van der Waals surface area contributed by atoms with Crippen molar-refractivity contribution in [3.63, 3.8) is 0 Å². The molecule has 0 spiro atoms. The van der Waals surface area contributed by atoms with Gasteiger partial charge >= 0.3 is 0 Å². The number of thiazole rings is 1. The van der Waals surface area contributed by atoms with Crippen molar-refractivity contribution in [3.05, 3.63) is 82.9 Å². The number of hydrogen-bond donors (Lipinski definition) is 2. The lowest BCUT2D eigenvalue weighted by atomic mass is 10.0. The number of hydrogen-bond acceptors (Lipinski definition) is 7. The molecule has 0 saturated carbocycles. The van der Waals surface area contributed by atoms with Crippen LogP contribution in [0, 0.1) is 13.8 Å². The van der Waals surface area contributed by atoms with Crippen molar-refractivity contribution in [3.8, 4) is 0 Å². The minimum atomic E-state index is -0.353. The third kappa shape index (κ3) is 6.65. The van der Waals surface area contributed by atoms with Crippen LogP contribution in [0.4, 0.5) is 11.4 Å². The van der Waals surface area contributed by atoms with Gasteiger partial charge in [0.15, 0.2) is 4.34 Å². The van der Waals surface area contributed by atoms with Crippen molar-refractivity contribution in [2.75, 3.05) is 42.7 Å². The van der Waals surface area contributed by atoms with Crippen molar-refractivity contribution in [2.45, 2.75) is 18.2 Å². The van der Waals surface area contributed by atoms with Gasteiger partial charge in [-0.15, -0.1) is 11.3 Å². The van der Waals surface area contributed by atoms with E-state index in [1.807, 2.05) is 38.1 Å². The van der Waals surface area contributed by atoms with Gasteiger partial charge < -0.3 is 20.3 Å². The molecule has 3 aromatic carbocycles. The van der Waals surface area contributed by atoms with Crippen molar-refractivity contribution < 1.29 is 19.1 Å². The van der Waals surface area contributed by atoms with E-state index in [2.05, 4.69) is 21.7 Å². The first-order valence-electron chi connectivity index (χ1n) is 12.5. The summed E-state index contributed by atoms with van der Waals surface area (Å²) in [7, 11) is 0. The topological polar surface area (TPSA) is 101 Å². The van der Waals surface area contributed by atoms with E-state index in [0.717, 1.165) is 31.4 Å². The Bertz CT molecular complexity index is 1530. The van der Waals surface area contributed by atoms with E-state index in [-0.39, 0.29) is 23.5 Å². The highest BCUT2D eigenvalue weighted by molar-refractivity contribution is 8.01. The van der Waals surface area contributed by atoms with Crippen LogP contribution in [0.3, 0.4) is 0 Å². The summed E-state index contributed by atoms with van der Waals surface area (Å²) < 4.78 is 7.00. The highest BCUT2D eigenvalue weighted by Crippen LogP contribution is 2.31. The van der Waals surface area contributed by atoms with E-state index in [0.29, 0.717) is 43.1 Å². The second kappa shape index (κ2) is 12.0. The van der Waals surface area contributed by atoms with E-state index in [4.69, 9.17) is 4.74 Å². The molecule has 4 aromatic rings. The first kappa shape index (κ1) is 26.9. The number of amides is 3. The fourth-order valence-corrected chi connectivity index (χ4v) is 6.32. The molecule has 3 amide bonds. The van der Waals surface area contributed by atoms with E-state index in [1.165, 1.54) is 23.1 Å². The smallest absolute Gasteiger partial charge is 0.256 e. The number of morpholine rings is 1. The molecule has 10 heteroatoms. The number of thioether (sulfide) groups is 1. The third-order valence-corrected chi connectivity index (χ3v) is 8.32. The molecule has 200 valence electrons. The summed E-state index contributed by atoms with van der Waals surface area (Å²) in [6.45, 7) is 5.99. The first-order valence-corrected chi connectivity index (χ1v) is 14.3. The lowest BCUT2D eigenvalue weighted by Crippen LogP contribution is -2.41. The number of carbonyl (C=O) groups is 3. The van der Waals surface area contributed by atoms with Gasteiger partial charge in [0, 0.05) is 24.5 Å². The van der Waals surface area contributed by atoms with Crippen molar-refractivity contribution in [1.29, 1.82) is 0 Å². The number of aromatic nitrogens is 1. The summed E-state index contributed by atoms with van der Waals surface area (Å²) >= 11 is 2.84. The molecule has 0 aliphatic carbocycles. The number of anilines is 2. The van der Waals surface area contributed by atoms with Crippen LogP contribution in [-0.2, 0) is 9.53 Å². The van der Waals surface area contributed by atoms with Gasteiger partial charge in [-0.05, 0) is 67.4 Å². The average Bonchev–Trinajstić information content (AvgIpc) is 3.34. The molecule has 1 aliphatic heterocycles. The van der Waals surface area contributed by atoms with Crippen LogP contribution < -0.4 is 10.6 Å². The summed E-state index contributed by atoms with van der Waals surface area (Å²) in [5.74, 6) is -0.383. The average molecular weight is 561 g/mol. The molecule has 1 aromatic heterocycles. The summed E-state index contributed by atoms with van der Waals surface area (Å²) in [4.78, 5) is 45.0. The Hall–Kier alpha value is -3.73. The second-order valence-electron chi connectivity index (χ2n) is 9.28. The molecule has 1 fully saturated rings. The summed E-state index contributed by atoms with van der Waals surface area (Å²) in [6, 6.07) is 18.3. The van der Waals surface area contributed by atoms with Gasteiger partial charge in [0.05, 0.1) is 40.3 Å². The number of carbonyl (C=O) groups excluding carboxylic acids is 3. The van der Waals surface area contributed by atoms with Gasteiger partial charge in [-0.1, -0.05) is 30.0 Å². The summed E-state index contributed by atoms with van der Waals surface area (Å²) in [5.41, 5.74) is 5.07. The predicted octanol–water partition coefficient (Wildman–Crippen LogP) is 5.37. The maximum absolute atomic E-state index is 13.2. The van der Waals surface area contributed by atoms with Gasteiger partial charge in [-0.3, -0.25) is 14.4 Å². The highest BCUT2D eigenvalue weighted by atomic mass is 32.2. The monoisotopic (exact) mass is 560 g/mol. The maximum Gasteiger partial charge on any atom is 0.256 e. The number of nitrogens with one attached hydrogen (secondary N) is 2.